The lowest BCUT2D eigenvalue weighted by Crippen LogP contribution is -2.14. The van der Waals surface area contributed by atoms with E-state index in [9.17, 15) is 8.42 Å². The molecule has 0 amide bonds. The second kappa shape index (κ2) is 5.46. The Hall–Kier alpha value is -2.52. The third-order valence-electron chi connectivity index (χ3n) is 3.20. The van der Waals surface area contributed by atoms with E-state index in [0.717, 1.165) is 11.1 Å². The number of aryl methyl sites for hydroxylation is 2. The van der Waals surface area contributed by atoms with Gasteiger partial charge in [0.05, 0.1) is 16.1 Å². The molecule has 6 heteroatoms. The molecule has 3 N–H and O–H groups in total. The van der Waals surface area contributed by atoms with Gasteiger partial charge in [-0.3, -0.25) is 4.72 Å². The van der Waals surface area contributed by atoms with Gasteiger partial charge in [-0.15, -0.1) is 0 Å². The first-order valence-corrected chi connectivity index (χ1v) is 7.71. The number of anilines is 2. The van der Waals surface area contributed by atoms with Crippen LogP contribution in [0.1, 0.15) is 16.7 Å². The molecule has 108 valence electrons. The Kier molecular flexibility index (Phi) is 3.87. The summed E-state index contributed by atoms with van der Waals surface area (Å²) in [6.45, 7) is 3.76. The van der Waals surface area contributed by atoms with Crippen LogP contribution < -0.4 is 10.5 Å². The monoisotopic (exact) mass is 301 g/mol. The van der Waals surface area contributed by atoms with Crippen molar-refractivity contribution in [2.24, 2.45) is 0 Å². The minimum Gasteiger partial charge on any atom is -0.399 e. The maximum Gasteiger partial charge on any atom is 0.261 e. The van der Waals surface area contributed by atoms with Crippen molar-refractivity contribution in [3.8, 4) is 6.07 Å². The molecule has 0 aliphatic carbocycles. The molecule has 2 rings (SSSR count). The fourth-order valence-electron chi connectivity index (χ4n) is 1.83. The van der Waals surface area contributed by atoms with Crippen molar-refractivity contribution in [3.63, 3.8) is 0 Å². The molecule has 0 spiro atoms. The predicted molar refractivity (Wildman–Crippen MR) is 82.3 cm³/mol. The van der Waals surface area contributed by atoms with Gasteiger partial charge in [-0.1, -0.05) is 6.07 Å². The average Bonchev–Trinajstić information content (AvgIpc) is 2.43. The standard InChI is InChI=1S/C15H15N3O2S/c1-10-3-5-14(7-11(10)2)21(19,20)18-15-6-4-13(17)8-12(15)9-16/h3-8,18H,17H2,1-2H3. The van der Waals surface area contributed by atoms with E-state index in [2.05, 4.69) is 4.72 Å². The highest BCUT2D eigenvalue weighted by molar-refractivity contribution is 7.92. The molecule has 21 heavy (non-hydrogen) atoms. The Morgan fingerprint density at radius 3 is 2.43 bits per heavy atom. The van der Waals surface area contributed by atoms with Gasteiger partial charge in [0.1, 0.15) is 6.07 Å². The number of sulfonamides is 1. The summed E-state index contributed by atoms with van der Waals surface area (Å²) >= 11 is 0. The van der Waals surface area contributed by atoms with Crippen molar-refractivity contribution in [2.45, 2.75) is 18.7 Å². The summed E-state index contributed by atoms with van der Waals surface area (Å²) in [7, 11) is -3.74. The topological polar surface area (TPSA) is 96.0 Å². The summed E-state index contributed by atoms with van der Waals surface area (Å²) < 4.78 is 27.2. The second-order valence-electron chi connectivity index (χ2n) is 4.77. The van der Waals surface area contributed by atoms with E-state index >= 15 is 0 Å². The maximum atomic E-state index is 12.4. The normalized spacial score (nSPS) is 10.9. The number of nitrogen functional groups attached to an aromatic ring is 1. The third kappa shape index (κ3) is 3.15. The highest BCUT2D eigenvalue weighted by atomic mass is 32.2. The summed E-state index contributed by atoms with van der Waals surface area (Å²) in [4.78, 5) is 0.159. The lowest BCUT2D eigenvalue weighted by atomic mass is 10.1. The van der Waals surface area contributed by atoms with Crippen LogP contribution in [0.25, 0.3) is 0 Å². The molecule has 0 aromatic heterocycles. The molecular formula is C15H15N3O2S. The van der Waals surface area contributed by atoms with Crippen molar-refractivity contribution in [1.82, 2.24) is 0 Å². The Morgan fingerprint density at radius 1 is 1.10 bits per heavy atom. The molecule has 0 heterocycles. The summed E-state index contributed by atoms with van der Waals surface area (Å²) in [6, 6.07) is 11.3. The maximum absolute atomic E-state index is 12.4. The van der Waals surface area contributed by atoms with Crippen LogP contribution in [-0.4, -0.2) is 8.42 Å². The highest BCUT2D eigenvalue weighted by Gasteiger charge is 2.16. The Balaban J connectivity index is 2.42. The van der Waals surface area contributed by atoms with Crippen molar-refractivity contribution in [2.75, 3.05) is 10.5 Å². The molecule has 5 nitrogen and oxygen atoms in total. The molecule has 2 aromatic rings. The zero-order chi connectivity index (χ0) is 15.6. The van der Waals surface area contributed by atoms with Gasteiger partial charge in [-0.25, -0.2) is 8.42 Å². The van der Waals surface area contributed by atoms with E-state index in [1.165, 1.54) is 18.2 Å². The van der Waals surface area contributed by atoms with Crippen LogP contribution in [0.5, 0.6) is 0 Å². The summed E-state index contributed by atoms with van der Waals surface area (Å²) in [5, 5.41) is 9.05. The molecule has 0 atom stereocenters. The van der Waals surface area contributed by atoms with Crippen molar-refractivity contribution in [3.05, 3.63) is 53.1 Å². The second-order valence-corrected chi connectivity index (χ2v) is 6.45. The first-order chi connectivity index (χ1) is 9.83. The smallest absolute Gasteiger partial charge is 0.261 e. The van der Waals surface area contributed by atoms with Crippen LogP contribution in [-0.2, 0) is 10.0 Å². The van der Waals surface area contributed by atoms with Crippen molar-refractivity contribution in [1.29, 1.82) is 5.26 Å². The van der Waals surface area contributed by atoms with E-state index < -0.39 is 10.0 Å². The molecule has 0 saturated heterocycles. The first-order valence-electron chi connectivity index (χ1n) is 6.23. The lowest BCUT2D eigenvalue weighted by Gasteiger charge is -2.11. The molecule has 0 radical (unpaired) electrons. The number of nitrogens with one attached hydrogen (secondary N) is 1. The minimum atomic E-state index is -3.74. The quantitative estimate of drug-likeness (QED) is 0.851. The largest absolute Gasteiger partial charge is 0.399 e. The number of hydrogen-bond acceptors (Lipinski definition) is 4. The number of benzene rings is 2. The molecule has 0 aliphatic heterocycles. The highest BCUT2D eigenvalue weighted by Crippen LogP contribution is 2.23. The van der Waals surface area contributed by atoms with Crippen molar-refractivity contribution < 1.29 is 8.42 Å². The zero-order valence-corrected chi connectivity index (χ0v) is 12.5. The number of nitrogens with two attached hydrogens (primary N) is 1. The van der Waals surface area contributed by atoms with Crippen LogP contribution in [0.4, 0.5) is 11.4 Å². The van der Waals surface area contributed by atoms with E-state index in [-0.39, 0.29) is 16.1 Å². The van der Waals surface area contributed by atoms with E-state index in [1.807, 2.05) is 19.9 Å². The molecule has 0 bridgehead atoms. The van der Waals surface area contributed by atoms with Crippen LogP contribution in [0.2, 0.25) is 0 Å². The number of hydrogen-bond donors (Lipinski definition) is 2. The fourth-order valence-corrected chi connectivity index (χ4v) is 2.99. The average molecular weight is 301 g/mol. The van der Waals surface area contributed by atoms with E-state index in [4.69, 9.17) is 11.0 Å². The van der Waals surface area contributed by atoms with Crippen LogP contribution in [0, 0.1) is 25.2 Å². The first kappa shape index (κ1) is 14.9. The van der Waals surface area contributed by atoms with Gasteiger partial charge in [-0.2, -0.15) is 5.26 Å². The van der Waals surface area contributed by atoms with Crippen molar-refractivity contribution >= 4 is 21.4 Å². The summed E-state index contributed by atoms with van der Waals surface area (Å²) in [5.41, 5.74) is 8.28. The van der Waals surface area contributed by atoms with Gasteiger partial charge in [0.2, 0.25) is 0 Å². The summed E-state index contributed by atoms with van der Waals surface area (Å²) in [5.74, 6) is 0. The van der Waals surface area contributed by atoms with Crippen LogP contribution in [0.15, 0.2) is 41.3 Å². The van der Waals surface area contributed by atoms with Crippen LogP contribution >= 0.6 is 0 Å². The predicted octanol–water partition coefficient (Wildman–Crippen LogP) is 2.56. The fraction of sp³-hybridized carbons (Fsp3) is 0.133. The minimum absolute atomic E-state index is 0.159. The Labute approximate surface area is 124 Å². The molecule has 0 aliphatic rings. The molecule has 2 aromatic carbocycles. The van der Waals surface area contributed by atoms with Gasteiger partial charge in [0, 0.05) is 5.69 Å². The van der Waals surface area contributed by atoms with Gasteiger partial charge in [-0.05, 0) is 55.3 Å². The molecular weight excluding hydrogens is 286 g/mol. The third-order valence-corrected chi connectivity index (χ3v) is 4.56. The Morgan fingerprint density at radius 2 is 1.81 bits per heavy atom. The lowest BCUT2D eigenvalue weighted by molar-refractivity contribution is 0.601. The van der Waals surface area contributed by atoms with Crippen LogP contribution in [0.3, 0.4) is 0 Å². The van der Waals surface area contributed by atoms with E-state index in [1.54, 1.807) is 18.2 Å². The molecule has 0 fully saturated rings. The number of nitrogens with zero attached hydrogens (tertiary/aromatic N) is 1. The SMILES string of the molecule is Cc1ccc(S(=O)(=O)Nc2ccc(N)cc2C#N)cc1C. The zero-order valence-electron chi connectivity index (χ0n) is 11.7. The van der Waals surface area contributed by atoms with Gasteiger partial charge in [0.25, 0.3) is 10.0 Å². The van der Waals surface area contributed by atoms with Gasteiger partial charge in [0.15, 0.2) is 0 Å². The summed E-state index contributed by atoms with van der Waals surface area (Å²) in [6.07, 6.45) is 0. The number of rotatable bonds is 3. The van der Waals surface area contributed by atoms with Gasteiger partial charge < -0.3 is 5.73 Å². The molecule has 0 unspecified atom stereocenters. The number of nitriles is 1. The van der Waals surface area contributed by atoms with E-state index in [0.29, 0.717) is 5.69 Å². The van der Waals surface area contributed by atoms with Gasteiger partial charge >= 0.3 is 0 Å². The Bertz CT molecular complexity index is 836. The molecule has 0 saturated carbocycles.